The highest BCUT2D eigenvalue weighted by Gasteiger charge is 2.48. The lowest BCUT2D eigenvalue weighted by atomic mass is 10.0. The number of nitrogens with two attached hydrogens (primary N) is 1. The van der Waals surface area contributed by atoms with Crippen LogP contribution in [-0.2, 0) is 4.74 Å². The minimum atomic E-state index is -3.33. The third kappa shape index (κ3) is 6.83. The number of allylic oxidation sites excluding steroid dienone is 1. The summed E-state index contributed by atoms with van der Waals surface area (Å²) in [6.45, 7) is 9.59. The lowest BCUT2D eigenvalue weighted by Gasteiger charge is -2.38. The van der Waals surface area contributed by atoms with Crippen molar-refractivity contribution in [1.82, 2.24) is 4.90 Å². The predicted molar refractivity (Wildman–Crippen MR) is 123 cm³/mol. The van der Waals surface area contributed by atoms with Gasteiger partial charge in [0.05, 0.1) is 24.5 Å². The molecule has 1 heterocycles. The molecule has 1 aromatic rings. The highest BCUT2D eigenvalue weighted by Crippen LogP contribution is 2.35. The Balaban J connectivity index is 2.25. The van der Waals surface area contributed by atoms with Crippen molar-refractivity contribution in [2.75, 3.05) is 19.8 Å². The summed E-state index contributed by atoms with van der Waals surface area (Å²) in [5.74, 6) is -3.30. The van der Waals surface area contributed by atoms with Crippen LogP contribution in [0.25, 0.3) is 5.70 Å². The summed E-state index contributed by atoms with van der Waals surface area (Å²) in [6.07, 6.45) is 0.640. The average molecular weight is 462 g/mol. The van der Waals surface area contributed by atoms with Crippen LogP contribution < -0.4 is 10.5 Å². The molecule has 0 aromatic heterocycles. The Hall–Kier alpha value is -3.32. The number of likely N-dealkylation sites (tertiary alicyclic amines) is 1. The van der Waals surface area contributed by atoms with Crippen LogP contribution in [0.15, 0.2) is 28.2 Å². The Kier molecular flexibility index (Phi) is 8.28. The van der Waals surface area contributed by atoms with E-state index in [4.69, 9.17) is 15.2 Å². The molecule has 1 unspecified atom stereocenters. The number of carbonyl (C=O) groups excluding carboxylic acids is 1. The summed E-state index contributed by atoms with van der Waals surface area (Å²) in [5, 5.41) is 9.59. The fourth-order valence-electron chi connectivity index (χ4n) is 3.25. The molecule has 10 heteroatoms. The molecule has 1 amide bonds. The number of nitrogens with zero attached hydrogens (tertiary/aromatic N) is 4. The zero-order valence-electron chi connectivity index (χ0n) is 19.3. The SMILES string of the molecule is C=N/C(=C\C=N/CN)c1cc(C#N)c(OC2CCN(C(=O)OC(C)(C)C)CC2(F)F)cc1C. The van der Waals surface area contributed by atoms with Crippen molar-refractivity contribution in [3.05, 3.63) is 34.9 Å². The van der Waals surface area contributed by atoms with E-state index in [-0.39, 0.29) is 30.9 Å². The smallest absolute Gasteiger partial charge is 0.410 e. The Morgan fingerprint density at radius 2 is 2.15 bits per heavy atom. The van der Waals surface area contributed by atoms with Gasteiger partial charge in [-0.1, -0.05) is 0 Å². The highest BCUT2D eigenvalue weighted by atomic mass is 19.3. The van der Waals surface area contributed by atoms with Gasteiger partial charge in [0.2, 0.25) is 0 Å². The van der Waals surface area contributed by atoms with Crippen molar-refractivity contribution < 1.29 is 23.0 Å². The van der Waals surface area contributed by atoms with Crippen LogP contribution in [0, 0.1) is 18.3 Å². The quantitative estimate of drug-likeness (QED) is 0.645. The van der Waals surface area contributed by atoms with Crippen molar-refractivity contribution in [2.45, 2.75) is 51.7 Å². The maximum absolute atomic E-state index is 14.9. The van der Waals surface area contributed by atoms with E-state index in [9.17, 15) is 18.8 Å². The van der Waals surface area contributed by atoms with E-state index in [1.54, 1.807) is 33.8 Å². The largest absolute Gasteiger partial charge is 0.483 e. The van der Waals surface area contributed by atoms with Crippen LogP contribution in [-0.4, -0.2) is 61.3 Å². The van der Waals surface area contributed by atoms with Gasteiger partial charge in [-0.2, -0.15) is 5.26 Å². The second kappa shape index (κ2) is 10.5. The minimum Gasteiger partial charge on any atom is -0.483 e. The number of hydrogen-bond donors (Lipinski definition) is 1. The zero-order chi connectivity index (χ0) is 24.8. The number of aliphatic imine (C=N–C) groups is 2. The number of halogens is 2. The number of nitriles is 1. The number of amides is 1. The van der Waals surface area contributed by atoms with Crippen LogP contribution in [0.4, 0.5) is 13.6 Å². The first-order valence-electron chi connectivity index (χ1n) is 10.4. The summed E-state index contributed by atoms with van der Waals surface area (Å²) in [4.78, 5) is 21.0. The molecule has 0 saturated carbocycles. The number of aryl methyl sites for hydroxylation is 1. The van der Waals surface area contributed by atoms with Gasteiger partial charge in [-0.25, -0.2) is 13.6 Å². The zero-order valence-corrected chi connectivity index (χ0v) is 19.3. The van der Waals surface area contributed by atoms with E-state index in [0.717, 1.165) is 4.90 Å². The molecule has 1 saturated heterocycles. The Bertz CT molecular complexity index is 993. The molecule has 1 aliphatic rings. The number of benzene rings is 1. The molecule has 1 aliphatic heterocycles. The summed E-state index contributed by atoms with van der Waals surface area (Å²) >= 11 is 0. The second-order valence-electron chi connectivity index (χ2n) is 8.56. The Morgan fingerprint density at radius 3 is 2.70 bits per heavy atom. The van der Waals surface area contributed by atoms with Crippen LogP contribution in [0.5, 0.6) is 5.75 Å². The van der Waals surface area contributed by atoms with Crippen LogP contribution in [0.3, 0.4) is 0 Å². The van der Waals surface area contributed by atoms with Gasteiger partial charge >= 0.3 is 12.0 Å². The van der Waals surface area contributed by atoms with Gasteiger partial charge in [0, 0.05) is 24.7 Å². The fraction of sp³-hybridized carbons (Fsp3) is 0.478. The summed E-state index contributed by atoms with van der Waals surface area (Å²) in [6, 6.07) is 5.01. The molecule has 178 valence electrons. The van der Waals surface area contributed by atoms with Crippen molar-refractivity contribution in [3.63, 3.8) is 0 Å². The monoisotopic (exact) mass is 461 g/mol. The van der Waals surface area contributed by atoms with Crippen LogP contribution in [0.1, 0.15) is 43.9 Å². The molecule has 33 heavy (non-hydrogen) atoms. The van der Waals surface area contributed by atoms with Gasteiger partial charge < -0.3 is 20.1 Å². The van der Waals surface area contributed by atoms with E-state index in [1.165, 1.54) is 18.3 Å². The standard InChI is InChI=1S/C23H29F2N5O3/c1-15-10-19(16(12-26)11-17(15)18(28-5)6-8-29-14-27)32-20-7-9-30(13-23(20,24)25)21(31)33-22(2,3)4/h6,8,10-11,20H,5,7,9,13-14,27H2,1-4H3/b18-6-,29-8-. The van der Waals surface area contributed by atoms with Crippen molar-refractivity contribution in [3.8, 4) is 11.8 Å². The lowest BCUT2D eigenvalue weighted by molar-refractivity contribution is -0.137. The molecule has 1 fully saturated rings. The maximum atomic E-state index is 14.9. The molecule has 0 bridgehead atoms. The van der Waals surface area contributed by atoms with E-state index >= 15 is 0 Å². The summed E-state index contributed by atoms with van der Waals surface area (Å²) < 4.78 is 40.5. The normalized spacial score (nSPS) is 18.7. The molecule has 8 nitrogen and oxygen atoms in total. The van der Waals surface area contributed by atoms with Gasteiger partial charge in [0.15, 0.2) is 6.10 Å². The number of carbonyl (C=O) groups is 1. The van der Waals surface area contributed by atoms with Crippen molar-refractivity contribution in [2.24, 2.45) is 15.7 Å². The summed E-state index contributed by atoms with van der Waals surface area (Å²) in [7, 11) is 0. The number of piperidine rings is 1. The molecule has 2 N–H and O–H groups in total. The number of rotatable bonds is 6. The first kappa shape index (κ1) is 25.9. The molecular weight excluding hydrogens is 432 g/mol. The molecule has 1 atom stereocenters. The van der Waals surface area contributed by atoms with Gasteiger partial charge in [-0.15, -0.1) is 0 Å². The Labute approximate surface area is 192 Å². The third-order valence-electron chi connectivity index (χ3n) is 4.79. The van der Waals surface area contributed by atoms with Crippen molar-refractivity contribution >= 4 is 24.7 Å². The predicted octanol–water partition coefficient (Wildman–Crippen LogP) is 3.92. The van der Waals surface area contributed by atoms with E-state index < -0.39 is 30.3 Å². The minimum absolute atomic E-state index is 0.0354. The third-order valence-corrected chi connectivity index (χ3v) is 4.79. The first-order chi connectivity index (χ1) is 15.4. The molecule has 2 rings (SSSR count). The van der Waals surface area contributed by atoms with E-state index in [1.807, 2.05) is 6.07 Å². The molecule has 0 radical (unpaired) electrons. The van der Waals surface area contributed by atoms with Gasteiger partial charge in [-0.3, -0.25) is 9.98 Å². The Morgan fingerprint density at radius 1 is 1.45 bits per heavy atom. The molecule has 1 aromatic carbocycles. The highest BCUT2D eigenvalue weighted by molar-refractivity contribution is 5.86. The molecular formula is C23H29F2N5O3. The van der Waals surface area contributed by atoms with Gasteiger partial charge in [0.25, 0.3) is 0 Å². The van der Waals surface area contributed by atoms with Crippen LogP contribution >= 0.6 is 0 Å². The number of alkyl halides is 2. The fourth-order valence-corrected chi connectivity index (χ4v) is 3.25. The number of hydrogen-bond acceptors (Lipinski definition) is 7. The van der Waals surface area contributed by atoms with E-state index in [2.05, 4.69) is 16.7 Å². The van der Waals surface area contributed by atoms with Crippen molar-refractivity contribution in [1.29, 1.82) is 5.26 Å². The van der Waals surface area contributed by atoms with Crippen LogP contribution in [0.2, 0.25) is 0 Å². The van der Waals surface area contributed by atoms with E-state index in [0.29, 0.717) is 16.8 Å². The lowest BCUT2D eigenvalue weighted by Crippen LogP contribution is -2.56. The topological polar surface area (TPSA) is 113 Å². The number of ether oxygens (including phenoxy) is 2. The van der Waals surface area contributed by atoms with Gasteiger partial charge in [-0.05, 0) is 58.2 Å². The first-order valence-corrected chi connectivity index (χ1v) is 10.4. The average Bonchev–Trinajstić information content (AvgIpc) is 2.72. The molecule has 0 aliphatic carbocycles. The second-order valence-corrected chi connectivity index (χ2v) is 8.56. The summed E-state index contributed by atoms with van der Waals surface area (Å²) in [5.41, 5.74) is 6.30. The van der Waals surface area contributed by atoms with Gasteiger partial charge in [0.1, 0.15) is 17.4 Å². The maximum Gasteiger partial charge on any atom is 0.410 e. The molecule has 0 spiro atoms.